The van der Waals surface area contributed by atoms with Gasteiger partial charge in [-0.2, -0.15) is 4.98 Å². The fourth-order valence-corrected chi connectivity index (χ4v) is 3.82. The van der Waals surface area contributed by atoms with E-state index in [0.29, 0.717) is 29.7 Å². The van der Waals surface area contributed by atoms with E-state index in [-0.39, 0.29) is 17.2 Å². The van der Waals surface area contributed by atoms with Crippen LogP contribution in [0, 0.1) is 18.6 Å². The zero-order valence-electron chi connectivity index (χ0n) is 19.3. The van der Waals surface area contributed by atoms with E-state index >= 15 is 0 Å². The molecule has 0 saturated carbocycles. The van der Waals surface area contributed by atoms with Gasteiger partial charge in [0.2, 0.25) is 5.95 Å². The largest absolute Gasteiger partial charge is 0.478 e. The first-order valence-corrected chi connectivity index (χ1v) is 11.0. The molecule has 2 N–H and O–H groups in total. The van der Waals surface area contributed by atoms with E-state index in [4.69, 9.17) is 0 Å². The molecule has 0 unspecified atom stereocenters. The van der Waals surface area contributed by atoms with Crippen LogP contribution in [-0.4, -0.2) is 43.7 Å². The molecule has 0 radical (unpaired) electrons. The number of hydrogen-bond donors (Lipinski definition) is 2. The Kier molecular flexibility index (Phi) is 6.57. The van der Waals surface area contributed by atoms with Crippen LogP contribution in [0.1, 0.15) is 29.8 Å². The number of hydrazine groups is 1. The smallest absolute Gasteiger partial charge is 0.335 e. The Bertz CT molecular complexity index is 1480. The van der Waals surface area contributed by atoms with Crippen molar-refractivity contribution in [1.29, 1.82) is 0 Å². The van der Waals surface area contributed by atoms with E-state index in [2.05, 4.69) is 15.4 Å². The van der Waals surface area contributed by atoms with Crippen LogP contribution in [0.25, 0.3) is 28.0 Å². The van der Waals surface area contributed by atoms with Gasteiger partial charge < -0.3 is 5.11 Å². The number of pyridine rings is 1. The lowest BCUT2D eigenvalue weighted by atomic mass is 10.00. The van der Waals surface area contributed by atoms with E-state index < -0.39 is 28.9 Å². The van der Waals surface area contributed by atoms with Crippen molar-refractivity contribution in [3.63, 3.8) is 0 Å². The highest BCUT2D eigenvalue weighted by Crippen LogP contribution is 2.31. The Morgan fingerprint density at radius 3 is 2.37 bits per heavy atom. The molecule has 0 saturated heterocycles. The Hall–Kier alpha value is -4.18. The predicted octanol–water partition coefficient (Wildman–Crippen LogP) is 4.40. The average Bonchev–Trinajstić information content (AvgIpc) is 2.83. The number of benzene rings is 2. The first kappa shape index (κ1) is 24.0. The number of carbonyl (C=O) groups is 1. The number of aromatic carboxylic acids is 1. The molecule has 0 spiro atoms. The number of para-hydroxylation sites is 1. The van der Waals surface area contributed by atoms with Crippen LogP contribution in [0.2, 0.25) is 0 Å². The van der Waals surface area contributed by atoms with E-state index in [1.807, 2.05) is 13.8 Å². The molecular formula is C25H23F2N5O3. The lowest BCUT2D eigenvalue weighted by molar-refractivity contribution is 0.0697. The minimum absolute atomic E-state index is 0.0266. The van der Waals surface area contributed by atoms with Gasteiger partial charge in [0.1, 0.15) is 17.3 Å². The van der Waals surface area contributed by atoms with E-state index in [1.54, 1.807) is 18.0 Å². The number of hydrogen-bond acceptors (Lipinski definition) is 6. The summed E-state index contributed by atoms with van der Waals surface area (Å²) in [5.41, 5.74) is 3.36. The van der Waals surface area contributed by atoms with Gasteiger partial charge in [0, 0.05) is 30.1 Å². The van der Waals surface area contributed by atoms with Gasteiger partial charge in [0.25, 0.3) is 5.56 Å². The van der Waals surface area contributed by atoms with Crippen LogP contribution in [0.4, 0.5) is 14.7 Å². The third-order valence-corrected chi connectivity index (χ3v) is 5.67. The molecule has 0 aliphatic rings. The van der Waals surface area contributed by atoms with Gasteiger partial charge in [-0.05, 0) is 42.8 Å². The monoisotopic (exact) mass is 479 g/mol. The summed E-state index contributed by atoms with van der Waals surface area (Å²) in [5.74, 6) is -2.88. The molecule has 4 aromatic rings. The van der Waals surface area contributed by atoms with Crippen LogP contribution in [0.15, 0.2) is 53.3 Å². The second-order valence-electron chi connectivity index (χ2n) is 7.83. The molecule has 10 heteroatoms. The topological polar surface area (TPSA) is 100 Å². The molecule has 0 atom stereocenters. The average molecular weight is 479 g/mol. The van der Waals surface area contributed by atoms with Gasteiger partial charge in [-0.25, -0.2) is 23.6 Å². The Morgan fingerprint density at radius 1 is 1.06 bits per heavy atom. The molecule has 8 nitrogen and oxygen atoms in total. The molecule has 0 amide bonds. The maximum Gasteiger partial charge on any atom is 0.335 e. The first-order chi connectivity index (χ1) is 16.7. The maximum atomic E-state index is 14.8. The molecule has 0 aliphatic carbocycles. The van der Waals surface area contributed by atoms with Crippen molar-refractivity contribution in [2.45, 2.75) is 20.8 Å². The molecule has 0 bridgehead atoms. The third-order valence-electron chi connectivity index (χ3n) is 5.67. The summed E-state index contributed by atoms with van der Waals surface area (Å²) in [4.78, 5) is 33.6. The van der Waals surface area contributed by atoms with E-state index in [1.165, 1.54) is 30.3 Å². The van der Waals surface area contributed by atoms with Gasteiger partial charge in [-0.1, -0.05) is 26.0 Å². The standard InChI is InChI=1S/C25H23F2N5O3/c1-4-31(5-2)30-25-28-21(17-13-15(24(34)35)10-9-14(17)3)16-11-12-20(33)32(23(16)29-25)22-18(26)7-6-8-19(22)27/h6-13H,4-5H2,1-3H3,(H,34,35)(H,28,29,30). The molecule has 2 aromatic heterocycles. The Labute approximate surface area is 199 Å². The van der Waals surface area contributed by atoms with Crippen molar-refractivity contribution in [3.8, 4) is 16.9 Å². The number of carboxylic acid groups (broad SMARTS) is 1. The highest BCUT2D eigenvalue weighted by Gasteiger charge is 2.21. The lowest BCUT2D eigenvalue weighted by Crippen LogP contribution is -2.30. The number of aromatic nitrogens is 3. The quantitative estimate of drug-likeness (QED) is 0.379. The fraction of sp³-hybridized carbons (Fsp3) is 0.200. The second kappa shape index (κ2) is 9.59. The minimum Gasteiger partial charge on any atom is -0.478 e. The van der Waals surface area contributed by atoms with Crippen molar-refractivity contribution < 1.29 is 18.7 Å². The van der Waals surface area contributed by atoms with Gasteiger partial charge in [-0.3, -0.25) is 14.8 Å². The summed E-state index contributed by atoms with van der Waals surface area (Å²) in [5, 5.41) is 11.6. The summed E-state index contributed by atoms with van der Waals surface area (Å²) in [7, 11) is 0. The molecule has 0 aliphatic heterocycles. The van der Waals surface area contributed by atoms with Crippen LogP contribution in [-0.2, 0) is 0 Å². The third kappa shape index (κ3) is 4.47. The highest BCUT2D eigenvalue weighted by molar-refractivity contribution is 5.95. The second-order valence-corrected chi connectivity index (χ2v) is 7.83. The molecule has 180 valence electrons. The molecule has 2 heterocycles. The van der Waals surface area contributed by atoms with Crippen LogP contribution >= 0.6 is 0 Å². The van der Waals surface area contributed by atoms with Gasteiger partial charge in [0.15, 0.2) is 5.65 Å². The minimum atomic E-state index is -1.11. The molecular weight excluding hydrogens is 456 g/mol. The number of anilines is 1. The van der Waals surface area contributed by atoms with Crippen LogP contribution in [0.3, 0.4) is 0 Å². The van der Waals surface area contributed by atoms with Crippen molar-refractivity contribution in [2.75, 3.05) is 18.5 Å². The van der Waals surface area contributed by atoms with Crippen molar-refractivity contribution in [1.82, 2.24) is 19.5 Å². The number of fused-ring (bicyclic) bond motifs is 1. The van der Waals surface area contributed by atoms with Crippen molar-refractivity contribution in [3.05, 3.63) is 81.6 Å². The zero-order valence-corrected chi connectivity index (χ0v) is 19.3. The number of halogens is 2. The SMILES string of the molecule is CCN(CC)Nc1nc(-c2cc(C(=O)O)ccc2C)c2ccc(=O)n(-c3c(F)cccc3F)c2n1. The van der Waals surface area contributed by atoms with Crippen LogP contribution in [0.5, 0.6) is 0 Å². The zero-order chi connectivity index (χ0) is 25.3. The van der Waals surface area contributed by atoms with E-state index in [9.17, 15) is 23.5 Å². The first-order valence-electron chi connectivity index (χ1n) is 11.0. The fourth-order valence-electron chi connectivity index (χ4n) is 3.82. The van der Waals surface area contributed by atoms with Crippen LogP contribution < -0.4 is 11.0 Å². The number of nitrogens with zero attached hydrogens (tertiary/aromatic N) is 4. The van der Waals surface area contributed by atoms with Crippen molar-refractivity contribution in [2.24, 2.45) is 0 Å². The predicted molar refractivity (Wildman–Crippen MR) is 129 cm³/mol. The Balaban J connectivity index is 2.12. The summed E-state index contributed by atoms with van der Waals surface area (Å²) in [6, 6.07) is 10.6. The number of rotatable bonds is 7. The normalized spacial score (nSPS) is 11.3. The maximum absolute atomic E-state index is 14.8. The summed E-state index contributed by atoms with van der Waals surface area (Å²) < 4.78 is 30.4. The summed E-state index contributed by atoms with van der Waals surface area (Å²) in [6.45, 7) is 6.83. The molecule has 0 fully saturated rings. The van der Waals surface area contributed by atoms with E-state index in [0.717, 1.165) is 22.3 Å². The van der Waals surface area contributed by atoms with Gasteiger partial charge >= 0.3 is 5.97 Å². The van der Waals surface area contributed by atoms with Gasteiger partial charge in [-0.15, -0.1) is 0 Å². The number of carboxylic acids is 1. The summed E-state index contributed by atoms with van der Waals surface area (Å²) >= 11 is 0. The summed E-state index contributed by atoms with van der Waals surface area (Å²) in [6.07, 6.45) is 0. The number of nitrogens with one attached hydrogen (secondary N) is 1. The molecule has 35 heavy (non-hydrogen) atoms. The molecule has 4 rings (SSSR count). The Morgan fingerprint density at radius 2 is 1.74 bits per heavy atom. The highest BCUT2D eigenvalue weighted by atomic mass is 19.1. The van der Waals surface area contributed by atoms with Gasteiger partial charge in [0.05, 0.1) is 11.3 Å². The lowest BCUT2D eigenvalue weighted by Gasteiger charge is -2.21. The molecule has 2 aromatic carbocycles. The number of aryl methyl sites for hydroxylation is 1. The van der Waals surface area contributed by atoms with Crippen molar-refractivity contribution >= 4 is 23.0 Å².